The SMILES string of the molecule is [CH2]C[NH2+]C. The van der Waals surface area contributed by atoms with Crippen LogP contribution in [0.5, 0.6) is 0 Å². The molecule has 0 aromatic heterocycles. The molecule has 0 aromatic carbocycles. The average Bonchev–Trinajstić information content (AvgIpc) is 1.37. The van der Waals surface area contributed by atoms with Gasteiger partial charge in [0.1, 0.15) is 0 Å². The van der Waals surface area contributed by atoms with E-state index in [0.717, 1.165) is 6.54 Å². The molecule has 0 saturated heterocycles. The van der Waals surface area contributed by atoms with Gasteiger partial charge in [0.05, 0.1) is 13.6 Å². The molecule has 0 aliphatic carbocycles. The summed E-state index contributed by atoms with van der Waals surface area (Å²) in [5.74, 6) is 0. The van der Waals surface area contributed by atoms with Crippen molar-refractivity contribution in [1.29, 1.82) is 0 Å². The summed E-state index contributed by atoms with van der Waals surface area (Å²) in [6.07, 6.45) is 0. The van der Waals surface area contributed by atoms with Gasteiger partial charge >= 0.3 is 0 Å². The first kappa shape index (κ1) is 3.96. The minimum atomic E-state index is 0.944. The second-order valence-electron chi connectivity index (χ2n) is 0.697. The summed E-state index contributed by atoms with van der Waals surface area (Å²) in [5, 5.41) is 2.01. The molecule has 0 spiro atoms. The first-order valence-corrected chi connectivity index (χ1v) is 1.49. The molecule has 1 radical (unpaired) electrons. The van der Waals surface area contributed by atoms with Gasteiger partial charge in [0.2, 0.25) is 0 Å². The minimum Gasteiger partial charge on any atom is -0.349 e. The molecular formula is C3H9N+. The smallest absolute Gasteiger partial charge is 0.0755 e. The van der Waals surface area contributed by atoms with Crippen LogP contribution < -0.4 is 5.32 Å². The maximum Gasteiger partial charge on any atom is 0.0755 e. The zero-order valence-corrected chi connectivity index (χ0v) is 2.99. The summed E-state index contributed by atoms with van der Waals surface area (Å²) in [6.45, 7) is 4.49. The van der Waals surface area contributed by atoms with Gasteiger partial charge < -0.3 is 5.32 Å². The van der Waals surface area contributed by atoms with Gasteiger partial charge in [-0.25, -0.2) is 0 Å². The highest BCUT2D eigenvalue weighted by molar-refractivity contribution is 4.15. The molecule has 0 heterocycles. The van der Waals surface area contributed by atoms with Crippen LogP contribution in [-0.4, -0.2) is 13.6 Å². The summed E-state index contributed by atoms with van der Waals surface area (Å²) in [6, 6.07) is 0. The summed E-state index contributed by atoms with van der Waals surface area (Å²) >= 11 is 0. The largest absolute Gasteiger partial charge is 0.349 e. The van der Waals surface area contributed by atoms with Crippen molar-refractivity contribution in [1.82, 2.24) is 0 Å². The van der Waals surface area contributed by atoms with E-state index in [1.165, 1.54) is 0 Å². The number of hydrogen-bond acceptors (Lipinski definition) is 0. The van der Waals surface area contributed by atoms with E-state index >= 15 is 0 Å². The molecule has 0 atom stereocenters. The normalized spacial score (nSPS) is 7.50. The second-order valence-corrected chi connectivity index (χ2v) is 0.697. The van der Waals surface area contributed by atoms with Gasteiger partial charge in [0, 0.05) is 6.92 Å². The van der Waals surface area contributed by atoms with Gasteiger partial charge in [-0.1, -0.05) is 0 Å². The lowest BCUT2D eigenvalue weighted by atomic mass is 10.8. The summed E-state index contributed by atoms with van der Waals surface area (Å²) in [5.41, 5.74) is 0. The second kappa shape index (κ2) is 2.96. The highest BCUT2D eigenvalue weighted by Gasteiger charge is 1.55. The van der Waals surface area contributed by atoms with Crippen molar-refractivity contribution >= 4 is 0 Å². The van der Waals surface area contributed by atoms with E-state index in [9.17, 15) is 0 Å². The van der Waals surface area contributed by atoms with E-state index in [-0.39, 0.29) is 0 Å². The third-order valence-electron chi connectivity index (χ3n) is 0.289. The van der Waals surface area contributed by atoms with E-state index in [4.69, 9.17) is 0 Å². The van der Waals surface area contributed by atoms with E-state index in [1.807, 2.05) is 12.4 Å². The third kappa shape index (κ3) is 1.96. The maximum absolute atomic E-state index is 3.55. The fraction of sp³-hybridized carbons (Fsp3) is 0.667. The van der Waals surface area contributed by atoms with Crippen LogP contribution in [0.3, 0.4) is 0 Å². The minimum absolute atomic E-state index is 0.944. The van der Waals surface area contributed by atoms with Gasteiger partial charge in [0.25, 0.3) is 0 Å². The zero-order valence-electron chi connectivity index (χ0n) is 2.99. The number of quaternary nitrogens is 1. The van der Waals surface area contributed by atoms with E-state index < -0.39 is 0 Å². The summed E-state index contributed by atoms with van der Waals surface area (Å²) in [4.78, 5) is 0. The fourth-order valence-electron chi connectivity index (χ4n) is 0. The fourth-order valence-corrected chi connectivity index (χ4v) is 0. The number of nitrogens with two attached hydrogens (primary N) is 1. The first-order valence-electron chi connectivity index (χ1n) is 1.49. The molecule has 0 fully saturated rings. The molecule has 0 rings (SSSR count). The Bertz CT molecular complexity index is 5.25. The lowest BCUT2D eigenvalue weighted by Crippen LogP contribution is -2.78. The molecule has 0 bridgehead atoms. The average molecular weight is 59.1 g/mol. The standard InChI is InChI=1S/C3H8N/c1-3-4-2/h4H,1,3H2,2H3/p+1. The first-order chi connectivity index (χ1) is 1.91. The van der Waals surface area contributed by atoms with Crippen molar-refractivity contribution in [3.63, 3.8) is 0 Å². The Morgan fingerprint density at radius 3 is 2.25 bits per heavy atom. The Hall–Kier alpha value is -0.0400. The predicted molar refractivity (Wildman–Crippen MR) is 18.1 cm³/mol. The van der Waals surface area contributed by atoms with Crippen molar-refractivity contribution in [3.05, 3.63) is 6.92 Å². The monoisotopic (exact) mass is 59.1 g/mol. The van der Waals surface area contributed by atoms with Crippen LogP contribution in [0.1, 0.15) is 0 Å². The molecule has 25 valence electrons. The van der Waals surface area contributed by atoms with Crippen molar-refractivity contribution in [2.75, 3.05) is 13.6 Å². The highest BCUT2D eigenvalue weighted by atomic mass is 14.8. The van der Waals surface area contributed by atoms with Crippen molar-refractivity contribution in [2.45, 2.75) is 0 Å². The lowest BCUT2D eigenvalue weighted by Gasteiger charge is -1.72. The molecule has 1 heteroatoms. The number of rotatable bonds is 1. The van der Waals surface area contributed by atoms with Gasteiger partial charge in [-0.05, 0) is 0 Å². The topological polar surface area (TPSA) is 16.6 Å². The molecular weight excluding hydrogens is 50.0 g/mol. The highest BCUT2D eigenvalue weighted by Crippen LogP contribution is 1.15. The lowest BCUT2D eigenvalue weighted by molar-refractivity contribution is -0.618. The Labute approximate surface area is 27.0 Å². The van der Waals surface area contributed by atoms with Crippen LogP contribution in [-0.2, 0) is 0 Å². The van der Waals surface area contributed by atoms with Crippen LogP contribution in [0.15, 0.2) is 0 Å². The van der Waals surface area contributed by atoms with Crippen LogP contribution >= 0.6 is 0 Å². The molecule has 4 heavy (non-hydrogen) atoms. The molecule has 0 saturated carbocycles. The molecule has 0 aliphatic rings. The molecule has 0 aliphatic heterocycles. The van der Waals surface area contributed by atoms with Crippen LogP contribution in [0.25, 0.3) is 0 Å². The molecule has 2 N–H and O–H groups in total. The van der Waals surface area contributed by atoms with E-state index in [1.54, 1.807) is 0 Å². The van der Waals surface area contributed by atoms with Crippen molar-refractivity contribution in [2.24, 2.45) is 0 Å². The Kier molecular flexibility index (Phi) is 2.93. The van der Waals surface area contributed by atoms with Crippen LogP contribution in [0.2, 0.25) is 0 Å². The van der Waals surface area contributed by atoms with Crippen LogP contribution in [0.4, 0.5) is 0 Å². The van der Waals surface area contributed by atoms with Gasteiger partial charge in [-0.3, -0.25) is 0 Å². The van der Waals surface area contributed by atoms with E-state index in [2.05, 4.69) is 6.92 Å². The van der Waals surface area contributed by atoms with E-state index in [0.29, 0.717) is 0 Å². The molecule has 0 unspecified atom stereocenters. The molecule has 0 aromatic rings. The summed E-state index contributed by atoms with van der Waals surface area (Å²) < 4.78 is 0. The predicted octanol–water partition coefficient (Wildman–Crippen LogP) is -0.986. The Morgan fingerprint density at radius 2 is 2.25 bits per heavy atom. The quantitative estimate of drug-likeness (QED) is 0.399. The summed E-state index contributed by atoms with van der Waals surface area (Å²) in [7, 11) is 1.99. The van der Waals surface area contributed by atoms with Gasteiger partial charge in [-0.2, -0.15) is 0 Å². The third-order valence-corrected chi connectivity index (χ3v) is 0.289. The number of hydrogen-bond donors (Lipinski definition) is 1. The van der Waals surface area contributed by atoms with Gasteiger partial charge in [-0.15, -0.1) is 0 Å². The van der Waals surface area contributed by atoms with Crippen molar-refractivity contribution < 1.29 is 5.32 Å². The molecule has 0 amide bonds. The molecule has 1 nitrogen and oxygen atoms in total. The Balaban J connectivity index is 1.97. The van der Waals surface area contributed by atoms with Crippen LogP contribution in [0, 0.1) is 6.92 Å². The maximum atomic E-state index is 3.55. The van der Waals surface area contributed by atoms with Gasteiger partial charge in [0.15, 0.2) is 0 Å². The van der Waals surface area contributed by atoms with Crippen molar-refractivity contribution in [3.8, 4) is 0 Å². The Morgan fingerprint density at radius 1 is 2.00 bits per heavy atom. The zero-order chi connectivity index (χ0) is 3.41.